The Kier molecular flexibility index (Phi) is 6.57. The minimum atomic E-state index is -0.566. The Labute approximate surface area is 167 Å². The zero-order chi connectivity index (χ0) is 20.8. The SMILES string of the molecule is CN(CC(=O)Nc1ccc(N2CCOCC2)cc1)Cn1cc([N+](=O)[O-])ccc1=O. The van der Waals surface area contributed by atoms with E-state index in [1.807, 2.05) is 24.3 Å². The Morgan fingerprint density at radius 1 is 1.21 bits per heavy atom. The van der Waals surface area contributed by atoms with Crippen LogP contribution in [0.1, 0.15) is 0 Å². The van der Waals surface area contributed by atoms with Crippen molar-refractivity contribution in [2.45, 2.75) is 6.67 Å². The van der Waals surface area contributed by atoms with Crippen LogP contribution in [0.25, 0.3) is 0 Å². The summed E-state index contributed by atoms with van der Waals surface area (Å²) in [5.41, 5.74) is 1.20. The third kappa shape index (κ3) is 5.62. The number of ether oxygens (including phenoxy) is 1. The van der Waals surface area contributed by atoms with Crippen molar-refractivity contribution in [3.8, 4) is 0 Å². The van der Waals surface area contributed by atoms with E-state index in [-0.39, 0.29) is 30.4 Å². The van der Waals surface area contributed by atoms with Crippen LogP contribution in [0.15, 0.2) is 47.4 Å². The Balaban J connectivity index is 1.54. The first-order chi connectivity index (χ1) is 13.9. The summed E-state index contributed by atoms with van der Waals surface area (Å²) in [6.45, 7) is 3.18. The Hall–Kier alpha value is -3.24. The van der Waals surface area contributed by atoms with Gasteiger partial charge in [-0.05, 0) is 31.3 Å². The molecule has 0 radical (unpaired) electrons. The Morgan fingerprint density at radius 3 is 2.55 bits per heavy atom. The standard InChI is InChI=1S/C19H23N5O5/c1-21(14-23-12-17(24(27)28)6-7-19(23)26)13-18(25)20-15-2-4-16(5-3-15)22-8-10-29-11-9-22/h2-7,12H,8-11,13-14H2,1H3,(H,20,25). The number of rotatable bonds is 7. The lowest BCUT2D eigenvalue weighted by Crippen LogP contribution is -2.36. The fourth-order valence-electron chi connectivity index (χ4n) is 3.07. The summed E-state index contributed by atoms with van der Waals surface area (Å²) in [5, 5.41) is 13.7. The van der Waals surface area contributed by atoms with Gasteiger partial charge in [-0.25, -0.2) is 0 Å². The van der Waals surface area contributed by atoms with Gasteiger partial charge in [0.25, 0.3) is 11.2 Å². The lowest BCUT2D eigenvalue weighted by molar-refractivity contribution is -0.385. The number of benzene rings is 1. The van der Waals surface area contributed by atoms with E-state index >= 15 is 0 Å². The molecule has 10 heteroatoms. The number of carbonyl (C=O) groups excluding carboxylic acids is 1. The van der Waals surface area contributed by atoms with E-state index in [0.29, 0.717) is 18.9 Å². The van der Waals surface area contributed by atoms with Crippen molar-refractivity contribution in [3.05, 3.63) is 63.1 Å². The molecule has 1 aliphatic heterocycles. The lowest BCUT2D eigenvalue weighted by atomic mass is 10.2. The van der Waals surface area contributed by atoms with Crippen LogP contribution in [0.3, 0.4) is 0 Å². The third-order valence-electron chi connectivity index (χ3n) is 4.51. The van der Waals surface area contributed by atoms with Gasteiger partial charge in [-0.2, -0.15) is 0 Å². The maximum Gasteiger partial charge on any atom is 0.285 e. The van der Waals surface area contributed by atoms with Gasteiger partial charge in [-0.15, -0.1) is 0 Å². The molecular formula is C19H23N5O5. The normalized spacial score (nSPS) is 14.1. The van der Waals surface area contributed by atoms with Crippen LogP contribution in [-0.4, -0.2) is 60.2 Å². The first kappa shape index (κ1) is 20.5. The van der Waals surface area contributed by atoms with Crippen molar-refractivity contribution >= 4 is 23.0 Å². The van der Waals surface area contributed by atoms with E-state index in [9.17, 15) is 19.7 Å². The van der Waals surface area contributed by atoms with Gasteiger partial charge in [0.1, 0.15) is 0 Å². The molecule has 1 saturated heterocycles. The van der Waals surface area contributed by atoms with Gasteiger partial charge in [-0.1, -0.05) is 0 Å². The molecule has 1 amide bonds. The number of nitro groups is 1. The van der Waals surface area contributed by atoms with Crippen LogP contribution in [0.2, 0.25) is 0 Å². The van der Waals surface area contributed by atoms with E-state index in [4.69, 9.17) is 4.74 Å². The number of nitrogens with zero attached hydrogens (tertiary/aromatic N) is 4. The minimum absolute atomic E-state index is 0.0281. The van der Waals surface area contributed by atoms with Crippen LogP contribution < -0.4 is 15.8 Å². The quantitative estimate of drug-likeness (QED) is 0.547. The minimum Gasteiger partial charge on any atom is -0.378 e. The van der Waals surface area contributed by atoms with Gasteiger partial charge >= 0.3 is 0 Å². The van der Waals surface area contributed by atoms with E-state index < -0.39 is 4.92 Å². The van der Waals surface area contributed by atoms with Gasteiger partial charge in [0, 0.05) is 36.6 Å². The van der Waals surface area contributed by atoms with Crippen LogP contribution in [0.4, 0.5) is 17.1 Å². The number of hydrogen-bond acceptors (Lipinski definition) is 7. The highest BCUT2D eigenvalue weighted by Crippen LogP contribution is 2.19. The average molecular weight is 401 g/mol. The molecule has 0 unspecified atom stereocenters. The first-order valence-corrected chi connectivity index (χ1v) is 9.18. The molecule has 10 nitrogen and oxygen atoms in total. The number of nitrogens with one attached hydrogen (secondary N) is 1. The Morgan fingerprint density at radius 2 is 1.90 bits per heavy atom. The molecule has 1 aromatic carbocycles. The molecule has 0 bridgehead atoms. The van der Waals surface area contributed by atoms with Crippen molar-refractivity contribution in [2.75, 3.05) is 50.1 Å². The second-order valence-corrected chi connectivity index (χ2v) is 6.80. The predicted octanol–water partition coefficient (Wildman–Crippen LogP) is 1.12. The van der Waals surface area contributed by atoms with E-state index in [0.717, 1.165) is 30.9 Å². The molecule has 1 N–H and O–H groups in total. The molecule has 0 spiro atoms. The fourth-order valence-corrected chi connectivity index (χ4v) is 3.07. The van der Waals surface area contributed by atoms with Crippen LogP contribution >= 0.6 is 0 Å². The van der Waals surface area contributed by atoms with Crippen molar-refractivity contribution in [2.24, 2.45) is 0 Å². The number of hydrogen-bond donors (Lipinski definition) is 1. The fraction of sp³-hybridized carbons (Fsp3) is 0.368. The number of aromatic nitrogens is 1. The smallest absolute Gasteiger partial charge is 0.285 e. The maximum absolute atomic E-state index is 12.3. The van der Waals surface area contributed by atoms with Crippen LogP contribution in [0.5, 0.6) is 0 Å². The number of amides is 1. The average Bonchev–Trinajstić information content (AvgIpc) is 2.70. The molecule has 1 aliphatic rings. The molecule has 2 heterocycles. The summed E-state index contributed by atoms with van der Waals surface area (Å²) in [4.78, 5) is 38.3. The summed E-state index contributed by atoms with van der Waals surface area (Å²) in [6, 6.07) is 9.89. The second-order valence-electron chi connectivity index (χ2n) is 6.80. The van der Waals surface area contributed by atoms with Gasteiger partial charge in [-0.3, -0.25) is 29.2 Å². The maximum atomic E-state index is 12.3. The number of carbonyl (C=O) groups is 1. The zero-order valence-corrected chi connectivity index (χ0v) is 16.1. The van der Waals surface area contributed by atoms with Crippen LogP contribution in [-0.2, 0) is 16.2 Å². The number of morpholine rings is 1. The molecule has 2 aromatic rings. The second kappa shape index (κ2) is 9.30. The van der Waals surface area contributed by atoms with Crippen molar-refractivity contribution in [1.29, 1.82) is 0 Å². The van der Waals surface area contributed by atoms with E-state index in [1.54, 1.807) is 11.9 Å². The van der Waals surface area contributed by atoms with Gasteiger partial charge < -0.3 is 15.0 Å². The van der Waals surface area contributed by atoms with Gasteiger partial charge in [0.2, 0.25) is 5.91 Å². The van der Waals surface area contributed by atoms with Gasteiger partial charge in [0.15, 0.2) is 0 Å². The monoisotopic (exact) mass is 401 g/mol. The molecule has 0 aliphatic carbocycles. The molecule has 1 aromatic heterocycles. The molecule has 0 atom stereocenters. The first-order valence-electron chi connectivity index (χ1n) is 9.18. The summed E-state index contributed by atoms with van der Waals surface area (Å²) < 4.78 is 6.54. The van der Waals surface area contributed by atoms with Crippen molar-refractivity contribution in [1.82, 2.24) is 9.47 Å². The third-order valence-corrected chi connectivity index (χ3v) is 4.51. The van der Waals surface area contributed by atoms with Gasteiger partial charge in [0.05, 0.1) is 37.5 Å². The molecule has 3 rings (SSSR count). The molecule has 154 valence electrons. The Bertz CT molecular complexity index is 921. The highest BCUT2D eigenvalue weighted by Gasteiger charge is 2.13. The predicted molar refractivity (Wildman–Crippen MR) is 108 cm³/mol. The lowest BCUT2D eigenvalue weighted by Gasteiger charge is -2.28. The highest BCUT2D eigenvalue weighted by molar-refractivity contribution is 5.92. The molecule has 1 fully saturated rings. The summed E-state index contributed by atoms with van der Waals surface area (Å²) >= 11 is 0. The highest BCUT2D eigenvalue weighted by atomic mass is 16.6. The largest absolute Gasteiger partial charge is 0.378 e. The molecule has 0 saturated carbocycles. The molecule has 29 heavy (non-hydrogen) atoms. The number of likely N-dealkylation sites (N-methyl/N-ethyl adjacent to an activating group) is 1. The summed E-state index contributed by atoms with van der Waals surface area (Å²) in [7, 11) is 1.66. The van der Waals surface area contributed by atoms with E-state index in [1.165, 1.54) is 10.8 Å². The van der Waals surface area contributed by atoms with Crippen molar-refractivity contribution in [3.63, 3.8) is 0 Å². The van der Waals surface area contributed by atoms with Crippen molar-refractivity contribution < 1.29 is 14.5 Å². The van der Waals surface area contributed by atoms with E-state index in [2.05, 4.69) is 10.2 Å². The summed E-state index contributed by atoms with van der Waals surface area (Å²) in [6.07, 6.45) is 1.17. The summed E-state index contributed by atoms with van der Waals surface area (Å²) in [5.74, 6) is -0.245. The topological polar surface area (TPSA) is 110 Å². The van der Waals surface area contributed by atoms with Crippen LogP contribution in [0, 0.1) is 10.1 Å². The molecular weight excluding hydrogens is 378 g/mol. The zero-order valence-electron chi connectivity index (χ0n) is 16.1. The number of pyridine rings is 1. The number of anilines is 2.